The van der Waals surface area contributed by atoms with Crippen LogP contribution in [0, 0.1) is 11.6 Å². The zero-order valence-electron chi connectivity index (χ0n) is 10.3. The van der Waals surface area contributed by atoms with Gasteiger partial charge in [-0.2, -0.15) is 0 Å². The normalized spacial score (nSPS) is 10.9. The number of nitrogens with one attached hydrogen (secondary N) is 1. The van der Waals surface area contributed by atoms with E-state index in [9.17, 15) is 13.6 Å². The van der Waals surface area contributed by atoms with Crippen LogP contribution in [0.15, 0.2) is 42.6 Å². The number of ketones is 1. The Morgan fingerprint density at radius 2 is 1.90 bits per heavy atom. The van der Waals surface area contributed by atoms with E-state index in [1.54, 1.807) is 12.1 Å². The second-order valence-electron chi connectivity index (χ2n) is 4.43. The van der Waals surface area contributed by atoms with Gasteiger partial charge < -0.3 is 10.7 Å². The molecule has 0 fully saturated rings. The van der Waals surface area contributed by atoms with Gasteiger partial charge in [-0.3, -0.25) is 4.79 Å². The third-order valence-corrected chi connectivity index (χ3v) is 3.16. The minimum absolute atomic E-state index is 0.0224. The molecule has 2 aromatic carbocycles. The molecule has 0 aliphatic rings. The first-order chi connectivity index (χ1) is 9.58. The molecular formula is C15H10F2N2O. The summed E-state index contributed by atoms with van der Waals surface area (Å²) in [5.74, 6) is -1.59. The van der Waals surface area contributed by atoms with Crippen molar-refractivity contribution in [2.75, 3.05) is 5.73 Å². The van der Waals surface area contributed by atoms with Crippen LogP contribution in [0.2, 0.25) is 0 Å². The van der Waals surface area contributed by atoms with Crippen molar-refractivity contribution in [3.05, 3.63) is 65.4 Å². The quantitative estimate of drug-likeness (QED) is 0.555. The molecule has 0 aliphatic heterocycles. The summed E-state index contributed by atoms with van der Waals surface area (Å²) in [4.78, 5) is 15.2. The molecule has 0 saturated carbocycles. The molecule has 3 N–H and O–H groups in total. The number of rotatable bonds is 2. The molecule has 3 aromatic rings. The van der Waals surface area contributed by atoms with Crippen LogP contribution in [0.3, 0.4) is 0 Å². The molecule has 0 radical (unpaired) electrons. The number of nitrogen functional groups attached to an aromatic ring is 1. The van der Waals surface area contributed by atoms with Crippen LogP contribution in [0.1, 0.15) is 15.9 Å². The number of hydrogen-bond acceptors (Lipinski definition) is 2. The van der Waals surface area contributed by atoms with Crippen LogP contribution >= 0.6 is 0 Å². The number of fused-ring (bicyclic) bond motifs is 1. The fraction of sp³-hybridized carbons (Fsp3) is 0. The Labute approximate surface area is 113 Å². The van der Waals surface area contributed by atoms with Crippen LogP contribution < -0.4 is 5.73 Å². The van der Waals surface area contributed by atoms with E-state index in [4.69, 9.17) is 5.73 Å². The van der Waals surface area contributed by atoms with Crippen molar-refractivity contribution in [3.63, 3.8) is 0 Å². The maximum Gasteiger partial charge on any atom is 0.197 e. The summed E-state index contributed by atoms with van der Waals surface area (Å²) in [6, 6.07) is 8.00. The highest BCUT2D eigenvalue weighted by atomic mass is 19.1. The lowest BCUT2D eigenvalue weighted by Gasteiger charge is -2.04. The highest BCUT2D eigenvalue weighted by molar-refractivity contribution is 6.18. The first-order valence-electron chi connectivity index (χ1n) is 5.93. The van der Waals surface area contributed by atoms with Crippen molar-refractivity contribution in [2.45, 2.75) is 0 Å². The van der Waals surface area contributed by atoms with Gasteiger partial charge in [0.25, 0.3) is 0 Å². The van der Waals surface area contributed by atoms with Crippen molar-refractivity contribution in [3.8, 4) is 0 Å². The Bertz CT molecular complexity index is 824. The maximum atomic E-state index is 13.9. The number of hydrogen-bond donors (Lipinski definition) is 2. The average Bonchev–Trinajstić information content (AvgIpc) is 2.86. The van der Waals surface area contributed by atoms with E-state index in [0.29, 0.717) is 5.52 Å². The van der Waals surface area contributed by atoms with E-state index < -0.39 is 17.4 Å². The third kappa shape index (κ3) is 1.84. The molecule has 0 atom stereocenters. The standard InChI is InChI=1S/C15H10F2N2O/c16-8-4-5-12(18)9(6-8)15(20)10-7-19-13-3-1-2-11(17)14(10)13/h1-7,19H,18H2. The Balaban J connectivity index is 2.21. The van der Waals surface area contributed by atoms with Crippen molar-refractivity contribution >= 4 is 22.4 Å². The Morgan fingerprint density at radius 3 is 2.70 bits per heavy atom. The summed E-state index contributed by atoms with van der Waals surface area (Å²) in [7, 11) is 0. The van der Waals surface area contributed by atoms with Gasteiger partial charge in [0.1, 0.15) is 11.6 Å². The number of anilines is 1. The van der Waals surface area contributed by atoms with Crippen molar-refractivity contribution in [1.82, 2.24) is 4.98 Å². The molecule has 0 aliphatic carbocycles. The third-order valence-electron chi connectivity index (χ3n) is 3.16. The number of aromatic nitrogens is 1. The predicted octanol–water partition coefficient (Wildman–Crippen LogP) is 3.26. The highest BCUT2D eigenvalue weighted by Crippen LogP contribution is 2.26. The topological polar surface area (TPSA) is 58.9 Å². The first-order valence-corrected chi connectivity index (χ1v) is 5.93. The lowest BCUT2D eigenvalue weighted by molar-refractivity contribution is 0.104. The molecule has 20 heavy (non-hydrogen) atoms. The van der Waals surface area contributed by atoms with Gasteiger partial charge >= 0.3 is 0 Å². The Morgan fingerprint density at radius 1 is 1.10 bits per heavy atom. The molecule has 0 amide bonds. The van der Waals surface area contributed by atoms with E-state index in [2.05, 4.69) is 4.98 Å². The van der Waals surface area contributed by atoms with Crippen LogP contribution in [0.5, 0.6) is 0 Å². The summed E-state index contributed by atoms with van der Waals surface area (Å²) < 4.78 is 27.1. The SMILES string of the molecule is Nc1ccc(F)cc1C(=O)c1c[nH]c2cccc(F)c12. The van der Waals surface area contributed by atoms with Gasteiger partial charge in [-0.05, 0) is 30.3 Å². The van der Waals surface area contributed by atoms with Crippen molar-refractivity contribution < 1.29 is 13.6 Å². The Kier molecular flexibility index (Phi) is 2.75. The van der Waals surface area contributed by atoms with Gasteiger partial charge in [-0.25, -0.2) is 8.78 Å². The highest BCUT2D eigenvalue weighted by Gasteiger charge is 2.19. The number of halogens is 2. The second-order valence-corrected chi connectivity index (χ2v) is 4.43. The number of benzene rings is 2. The van der Waals surface area contributed by atoms with E-state index in [0.717, 1.165) is 6.07 Å². The van der Waals surface area contributed by atoms with E-state index in [1.807, 2.05) is 0 Å². The number of H-pyrrole nitrogens is 1. The van der Waals surface area contributed by atoms with E-state index in [-0.39, 0.29) is 22.2 Å². The first kappa shape index (κ1) is 12.3. The number of aromatic amines is 1. The average molecular weight is 272 g/mol. The summed E-state index contributed by atoms with van der Waals surface area (Å²) in [6.45, 7) is 0. The maximum absolute atomic E-state index is 13.9. The van der Waals surface area contributed by atoms with Crippen LogP contribution in [0.25, 0.3) is 10.9 Å². The summed E-state index contributed by atoms with van der Waals surface area (Å²) in [5, 5.41) is 0.182. The smallest absolute Gasteiger partial charge is 0.197 e. The van der Waals surface area contributed by atoms with Gasteiger partial charge in [0.15, 0.2) is 5.78 Å². The molecule has 0 saturated heterocycles. The lowest BCUT2D eigenvalue weighted by atomic mass is 10.0. The fourth-order valence-corrected chi connectivity index (χ4v) is 2.19. The largest absolute Gasteiger partial charge is 0.398 e. The molecule has 1 heterocycles. The molecule has 0 bridgehead atoms. The molecule has 3 nitrogen and oxygen atoms in total. The fourth-order valence-electron chi connectivity index (χ4n) is 2.19. The zero-order chi connectivity index (χ0) is 14.3. The monoisotopic (exact) mass is 272 g/mol. The Hall–Kier alpha value is -2.69. The molecule has 100 valence electrons. The minimum Gasteiger partial charge on any atom is -0.398 e. The van der Waals surface area contributed by atoms with E-state index >= 15 is 0 Å². The summed E-state index contributed by atoms with van der Waals surface area (Å²) in [6.07, 6.45) is 1.40. The van der Waals surface area contributed by atoms with Crippen LogP contribution in [-0.4, -0.2) is 10.8 Å². The molecule has 3 rings (SSSR count). The molecule has 5 heteroatoms. The zero-order valence-corrected chi connectivity index (χ0v) is 10.3. The minimum atomic E-state index is -0.567. The predicted molar refractivity (Wildman–Crippen MR) is 72.5 cm³/mol. The van der Waals surface area contributed by atoms with Gasteiger partial charge in [0.05, 0.1) is 5.56 Å². The van der Waals surface area contributed by atoms with Crippen LogP contribution in [0.4, 0.5) is 14.5 Å². The van der Waals surface area contributed by atoms with Gasteiger partial charge in [-0.1, -0.05) is 6.07 Å². The van der Waals surface area contributed by atoms with Gasteiger partial charge in [0, 0.05) is 28.4 Å². The molecule has 0 spiro atoms. The number of carbonyl (C=O) groups excluding carboxylic acids is 1. The lowest BCUT2D eigenvalue weighted by Crippen LogP contribution is -2.05. The van der Waals surface area contributed by atoms with E-state index in [1.165, 1.54) is 24.4 Å². The van der Waals surface area contributed by atoms with Crippen molar-refractivity contribution in [1.29, 1.82) is 0 Å². The summed E-state index contributed by atoms with van der Waals surface area (Å²) in [5.41, 5.74) is 6.50. The van der Waals surface area contributed by atoms with Gasteiger partial charge in [0.2, 0.25) is 0 Å². The number of carbonyl (C=O) groups is 1. The molecule has 1 aromatic heterocycles. The number of nitrogens with two attached hydrogens (primary N) is 1. The van der Waals surface area contributed by atoms with Crippen LogP contribution in [-0.2, 0) is 0 Å². The van der Waals surface area contributed by atoms with Crippen molar-refractivity contribution in [2.24, 2.45) is 0 Å². The summed E-state index contributed by atoms with van der Waals surface area (Å²) >= 11 is 0. The van der Waals surface area contributed by atoms with Gasteiger partial charge in [-0.15, -0.1) is 0 Å². The second kappa shape index (κ2) is 4.45. The molecular weight excluding hydrogens is 262 g/mol. The molecule has 0 unspecified atom stereocenters.